The summed E-state index contributed by atoms with van der Waals surface area (Å²) in [4.78, 5) is 33.1. The van der Waals surface area contributed by atoms with Crippen molar-refractivity contribution in [1.82, 2.24) is 5.32 Å². The molecular formula is C13H13F2NO4. The Labute approximate surface area is 113 Å². The number of ketones is 1. The summed E-state index contributed by atoms with van der Waals surface area (Å²) in [5.74, 6) is -4.17. The van der Waals surface area contributed by atoms with Crippen LogP contribution in [0.3, 0.4) is 0 Å². The second-order valence-electron chi connectivity index (χ2n) is 4.05. The number of nitrogens with one attached hydrogen (secondary N) is 1. The van der Waals surface area contributed by atoms with Gasteiger partial charge in [-0.25, -0.2) is 8.78 Å². The van der Waals surface area contributed by atoms with Gasteiger partial charge in [0.15, 0.2) is 17.4 Å². The summed E-state index contributed by atoms with van der Waals surface area (Å²) in [6.45, 7) is -0.0203. The minimum atomic E-state index is -1.12. The second-order valence-corrected chi connectivity index (χ2v) is 4.05. The van der Waals surface area contributed by atoms with Crippen LogP contribution in [0.25, 0.3) is 0 Å². The molecule has 7 heteroatoms. The first-order valence-electron chi connectivity index (χ1n) is 5.87. The number of aliphatic carboxylic acids is 1. The quantitative estimate of drug-likeness (QED) is 0.744. The van der Waals surface area contributed by atoms with Crippen molar-refractivity contribution in [2.75, 3.05) is 6.54 Å². The van der Waals surface area contributed by atoms with Crippen LogP contribution < -0.4 is 5.32 Å². The van der Waals surface area contributed by atoms with E-state index >= 15 is 0 Å². The van der Waals surface area contributed by atoms with E-state index in [1.54, 1.807) is 0 Å². The highest BCUT2D eigenvalue weighted by Crippen LogP contribution is 2.11. The molecule has 0 aliphatic carbocycles. The fraction of sp³-hybridized carbons (Fsp3) is 0.308. The zero-order chi connectivity index (χ0) is 15.1. The maximum Gasteiger partial charge on any atom is 0.305 e. The lowest BCUT2D eigenvalue weighted by molar-refractivity contribution is -0.136. The van der Waals surface area contributed by atoms with E-state index in [4.69, 9.17) is 5.11 Å². The van der Waals surface area contributed by atoms with Crippen LogP contribution in [0.2, 0.25) is 0 Å². The molecule has 0 aliphatic heterocycles. The third kappa shape index (κ3) is 5.13. The predicted octanol–water partition coefficient (Wildman–Crippen LogP) is 1.52. The maximum atomic E-state index is 12.9. The van der Waals surface area contributed by atoms with Gasteiger partial charge in [0.2, 0.25) is 5.91 Å². The number of hydrogen-bond donors (Lipinski definition) is 2. The molecule has 0 saturated carbocycles. The third-order valence-electron chi connectivity index (χ3n) is 2.48. The molecular weight excluding hydrogens is 272 g/mol. The van der Waals surface area contributed by atoms with Gasteiger partial charge in [-0.2, -0.15) is 0 Å². The minimum absolute atomic E-state index is 0.0118. The molecule has 1 rings (SSSR count). The Morgan fingerprint density at radius 2 is 1.75 bits per heavy atom. The number of benzene rings is 1. The van der Waals surface area contributed by atoms with Gasteiger partial charge in [0, 0.05) is 24.9 Å². The van der Waals surface area contributed by atoms with Gasteiger partial charge in [-0.15, -0.1) is 0 Å². The monoisotopic (exact) mass is 285 g/mol. The molecule has 2 N–H and O–H groups in total. The highest BCUT2D eigenvalue weighted by molar-refractivity contribution is 5.97. The van der Waals surface area contributed by atoms with Crippen molar-refractivity contribution in [3.8, 4) is 0 Å². The molecule has 0 unspecified atom stereocenters. The van der Waals surface area contributed by atoms with Gasteiger partial charge in [-0.05, 0) is 18.2 Å². The zero-order valence-electron chi connectivity index (χ0n) is 10.5. The molecule has 1 amide bonds. The van der Waals surface area contributed by atoms with Crippen LogP contribution >= 0.6 is 0 Å². The van der Waals surface area contributed by atoms with Crippen LogP contribution in [0, 0.1) is 11.6 Å². The Bertz CT molecular complexity index is 531. The maximum absolute atomic E-state index is 12.9. The van der Waals surface area contributed by atoms with E-state index in [1.807, 2.05) is 0 Å². The van der Waals surface area contributed by atoms with E-state index in [9.17, 15) is 23.2 Å². The van der Waals surface area contributed by atoms with Crippen LogP contribution in [-0.2, 0) is 9.59 Å². The third-order valence-corrected chi connectivity index (χ3v) is 2.48. The molecule has 1 aromatic carbocycles. The number of carboxylic acid groups (broad SMARTS) is 1. The first-order chi connectivity index (χ1) is 9.40. The molecule has 0 atom stereocenters. The first-order valence-corrected chi connectivity index (χ1v) is 5.87. The molecule has 0 radical (unpaired) electrons. The van der Waals surface area contributed by atoms with Crippen molar-refractivity contribution < 1.29 is 28.3 Å². The van der Waals surface area contributed by atoms with Crippen molar-refractivity contribution in [2.24, 2.45) is 0 Å². The van der Waals surface area contributed by atoms with Gasteiger partial charge in [0.25, 0.3) is 0 Å². The van der Waals surface area contributed by atoms with Crippen molar-refractivity contribution >= 4 is 17.7 Å². The summed E-state index contributed by atoms with van der Waals surface area (Å²) in [7, 11) is 0. The van der Waals surface area contributed by atoms with E-state index in [2.05, 4.69) is 5.32 Å². The Morgan fingerprint density at radius 1 is 1.05 bits per heavy atom. The van der Waals surface area contributed by atoms with Crippen LogP contribution in [0.15, 0.2) is 18.2 Å². The molecule has 0 bridgehead atoms. The smallest absolute Gasteiger partial charge is 0.305 e. The van der Waals surface area contributed by atoms with E-state index < -0.39 is 29.3 Å². The van der Waals surface area contributed by atoms with Crippen LogP contribution in [0.4, 0.5) is 8.78 Å². The van der Waals surface area contributed by atoms with Gasteiger partial charge in [-0.1, -0.05) is 0 Å². The number of hydrogen-bond acceptors (Lipinski definition) is 3. The summed E-state index contributed by atoms with van der Waals surface area (Å²) >= 11 is 0. The van der Waals surface area contributed by atoms with Crippen LogP contribution in [-0.4, -0.2) is 29.3 Å². The second kappa shape index (κ2) is 7.32. The van der Waals surface area contributed by atoms with Crippen LogP contribution in [0.5, 0.6) is 0 Å². The van der Waals surface area contributed by atoms with Gasteiger partial charge in [0.05, 0.1) is 6.42 Å². The standard InChI is InChI=1S/C13H13F2NO4/c14-9-2-1-8(7-10(9)15)11(17)3-4-12(18)16-6-5-13(19)20/h1-2,7H,3-6H2,(H,16,18)(H,19,20). The van der Waals surface area contributed by atoms with Crippen molar-refractivity contribution in [1.29, 1.82) is 0 Å². The number of carboxylic acids is 1. The predicted molar refractivity (Wildman–Crippen MR) is 65.2 cm³/mol. The van der Waals surface area contributed by atoms with Crippen molar-refractivity contribution in [3.63, 3.8) is 0 Å². The number of halogens is 2. The largest absolute Gasteiger partial charge is 0.481 e. The first kappa shape index (κ1) is 15.7. The molecule has 0 saturated heterocycles. The lowest BCUT2D eigenvalue weighted by atomic mass is 10.1. The summed E-state index contributed by atoms with van der Waals surface area (Å²) in [5.41, 5.74) is -0.0118. The molecule has 0 spiro atoms. The number of rotatable bonds is 7. The molecule has 5 nitrogen and oxygen atoms in total. The molecule has 20 heavy (non-hydrogen) atoms. The van der Waals surface area contributed by atoms with Crippen molar-refractivity contribution in [2.45, 2.75) is 19.3 Å². The fourth-order valence-corrected chi connectivity index (χ4v) is 1.44. The Hall–Kier alpha value is -2.31. The Balaban J connectivity index is 2.41. The number of carbonyl (C=O) groups excluding carboxylic acids is 2. The number of carbonyl (C=O) groups is 3. The van der Waals surface area contributed by atoms with Gasteiger partial charge in [-0.3, -0.25) is 14.4 Å². The molecule has 0 aliphatic rings. The molecule has 1 aromatic rings. The molecule has 108 valence electrons. The van der Waals surface area contributed by atoms with E-state index in [0.29, 0.717) is 0 Å². The van der Waals surface area contributed by atoms with Gasteiger partial charge >= 0.3 is 5.97 Å². The highest BCUT2D eigenvalue weighted by atomic mass is 19.2. The molecule has 0 aromatic heterocycles. The Kier molecular flexibility index (Phi) is 5.76. The SMILES string of the molecule is O=C(O)CCNC(=O)CCC(=O)c1ccc(F)c(F)c1. The Morgan fingerprint density at radius 3 is 2.35 bits per heavy atom. The van der Waals surface area contributed by atoms with Gasteiger partial charge < -0.3 is 10.4 Å². The van der Waals surface area contributed by atoms with E-state index in [-0.39, 0.29) is 31.4 Å². The lowest BCUT2D eigenvalue weighted by Crippen LogP contribution is -2.26. The van der Waals surface area contributed by atoms with Gasteiger partial charge in [0.1, 0.15) is 0 Å². The zero-order valence-corrected chi connectivity index (χ0v) is 10.5. The van der Waals surface area contributed by atoms with Crippen molar-refractivity contribution in [3.05, 3.63) is 35.4 Å². The summed E-state index contributed by atoms with van der Waals surface area (Å²) in [5, 5.41) is 10.7. The summed E-state index contributed by atoms with van der Waals surface area (Å²) in [6, 6.07) is 2.76. The average molecular weight is 285 g/mol. The average Bonchev–Trinajstić information content (AvgIpc) is 2.38. The fourth-order valence-electron chi connectivity index (χ4n) is 1.44. The number of amides is 1. The van der Waals surface area contributed by atoms with E-state index in [1.165, 1.54) is 0 Å². The highest BCUT2D eigenvalue weighted by Gasteiger charge is 2.12. The number of Topliss-reactive ketones (excluding diaryl/α,β-unsaturated/α-hetero) is 1. The molecule has 0 fully saturated rings. The summed E-state index contributed by atoms with van der Waals surface area (Å²) < 4.78 is 25.6. The lowest BCUT2D eigenvalue weighted by Gasteiger charge is -2.04. The minimum Gasteiger partial charge on any atom is -0.481 e. The van der Waals surface area contributed by atoms with Crippen LogP contribution in [0.1, 0.15) is 29.6 Å². The normalized spacial score (nSPS) is 10.1. The van der Waals surface area contributed by atoms with E-state index in [0.717, 1.165) is 18.2 Å². The topological polar surface area (TPSA) is 83.5 Å². The summed E-state index contributed by atoms with van der Waals surface area (Å²) in [6.07, 6.45) is -0.510. The molecule has 0 heterocycles.